The van der Waals surface area contributed by atoms with Crippen molar-refractivity contribution in [2.45, 2.75) is 13.8 Å². The van der Waals surface area contributed by atoms with Crippen LogP contribution in [0.1, 0.15) is 27.3 Å². The summed E-state index contributed by atoms with van der Waals surface area (Å²) in [6, 6.07) is 16.4. The number of hydrogen-bond acceptors (Lipinski definition) is 1. The van der Waals surface area contributed by atoms with Gasteiger partial charge in [0.25, 0.3) is 0 Å². The highest BCUT2D eigenvalue weighted by Crippen LogP contribution is 2.27. The summed E-state index contributed by atoms with van der Waals surface area (Å²) in [4.78, 5) is 13.0. The molecule has 3 rings (SSSR count). The Kier molecular flexibility index (Phi) is 4.29. The molecule has 0 saturated carbocycles. The number of benzene rings is 2. The third-order valence-electron chi connectivity index (χ3n) is 3.83. The number of aryl methyl sites for hydroxylation is 2. The third-order valence-corrected chi connectivity index (χ3v) is 4.40. The normalized spacial score (nSPS) is 10.8. The Balaban J connectivity index is 2.22. The lowest BCUT2D eigenvalue weighted by Crippen LogP contribution is -2.10. The molecule has 23 heavy (non-hydrogen) atoms. The predicted molar refractivity (Wildman–Crippen MR) is 95.1 cm³/mol. The van der Waals surface area contributed by atoms with Gasteiger partial charge < -0.3 is 4.57 Å². The first-order valence-corrected chi connectivity index (χ1v) is 7.98. The van der Waals surface area contributed by atoms with Crippen molar-refractivity contribution in [3.63, 3.8) is 0 Å². The maximum Gasteiger partial charge on any atom is 0.196 e. The second kappa shape index (κ2) is 6.23. The Morgan fingerprint density at radius 1 is 0.870 bits per heavy atom. The lowest BCUT2D eigenvalue weighted by atomic mass is 10.0. The highest BCUT2D eigenvalue weighted by Gasteiger charge is 2.19. The lowest BCUT2D eigenvalue weighted by molar-refractivity contribution is 0.103. The van der Waals surface area contributed by atoms with Gasteiger partial charge in [0.05, 0.1) is 10.7 Å². The number of carbonyl (C=O) groups excluding carboxylic acids is 1. The van der Waals surface area contributed by atoms with E-state index in [1.165, 1.54) is 0 Å². The molecule has 2 aromatic carbocycles. The van der Waals surface area contributed by atoms with Crippen LogP contribution in [0.3, 0.4) is 0 Å². The first kappa shape index (κ1) is 15.9. The van der Waals surface area contributed by atoms with E-state index in [0.29, 0.717) is 21.2 Å². The molecule has 0 radical (unpaired) electrons. The van der Waals surface area contributed by atoms with Gasteiger partial charge in [-0.15, -0.1) is 0 Å². The number of ketones is 1. The number of rotatable bonds is 3. The average Bonchev–Trinajstić information content (AvgIpc) is 2.86. The molecule has 0 amide bonds. The number of nitrogens with zero attached hydrogens (tertiary/aromatic N) is 1. The number of carbonyl (C=O) groups is 1. The topological polar surface area (TPSA) is 22.0 Å². The van der Waals surface area contributed by atoms with Crippen LogP contribution in [-0.4, -0.2) is 10.4 Å². The molecular weight excluding hydrogens is 329 g/mol. The van der Waals surface area contributed by atoms with E-state index in [4.69, 9.17) is 23.2 Å². The van der Waals surface area contributed by atoms with Crippen LogP contribution in [0, 0.1) is 13.8 Å². The van der Waals surface area contributed by atoms with Crippen LogP contribution in [-0.2, 0) is 0 Å². The first-order valence-electron chi connectivity index (χ1n) is 7.23. The van der Waals surface area contributed by atoms with E-state index in [9.17, 15) is 4.79 Å². The van der Waals surface area contributed by atoms with Crippen molar-refractivity contribution in [3.8, 4) is 5.69 Å². The number of hydrogen-bond donors (Lipinski definition) is 0. The quantitative estimate of drug-likeness (QED) is 0.564. The number of halogens is 2. The van der Waals surface area contributed by atoms with Gasteiger partial charge >= 0.3 is 0 Å². The van der Waals surface area contributed by atoms with E-state index in [2.05, 4.69) is 0 Å². The Morgan fingerprint density at radius 3 is 2.17 bits per heavy atom. The van der Waals surface area contributed by atoms with E-state index >= 15 is 0 Å². The third kappa shape index (κ3) is 2.92. The van der Waals surface area contributed by atoms with Crippen LogP contribution in [0.5, 0.6) is 0 Å². The molecule has 0 fully saturated rings. The fourth-order valence-electron chi connectivity index (χ4n) is 2.72. The molecule has 116 valence electrons. The molecule has 1 heterocycles. The highest BCUT2D eigenvalue weighted by molar-refractivity contribution is 6.35. The molecule has 0 spiro atoms. The standard InChI is InChI=1S/C19H15Cl2NO/c1-12-7-8-13(2)22(12)18-10-9-14(20)11-16(18)19(23)15-5-3-4-6-17(15)21/h3-11H,1-2H3. The van der Waals surface area contributed by atoms with Crippen LogP contribution in [0.25, 0.3) is 5.69 Å². The Morgan fingerprint density at radius 2 is 1.52 bits per heavy atom. The minimum atomic E-state index is -0.138. The first-order chi connectivity index (χ1) is 11.0. The van der Waals surface area contributed by atoms with Gasteiger partial charge in [-0.05, 0) is 56.3 Å². The molecule has 0 aliphatic heterocycles. The fourth-order valence-corrected chi connectivity index (χ4v) is 3.12. The van der Waals surface area contributed by atoms with E-state index in [1.54, 1.807) is 36.4 Å². The molecule has 3 aromatic rings. The maximum absolute atomic E-state index is 13.0. The van der Waals surface area contributed by atoms with Crippen molar-refractivity contribution in [1.82, 2.24) is 4.57 Å². The van der Waals surface area contributed by atoms with E-state index in [1.807, 2.05) is 36.6 Å². The molecule has 0 aliphatic carbocycles. The van der Waals surface area contributed by atoms with Gasteiger partial charge in [0, 0.05) is 27.5 Å². The van der Waals surface area contributed by atoms with Crippen LogP contribution in [0.4, 0.5) is 0 Å². The minimum Gasteiger partial charge on any atom is -0.318 e. The smallest absolute Gasteiger partial charge is 0.196 e. The van der Waals surface area contributed by atoms with Gasteiger partial charge in [-0.25, -0.2) is 0 Å². The monoisotopic (exact) mass is 343 g/mol. The fraction of sp³-hybridized carbons (Fsp3) is 0.105. The lowest BCUT2D eigenvalue weighted by Gasteiger charge is -2.15. The van der Waals surface area contributed by atoms with Gasteiger partial charge in [0.1, 0.15) is 0 Å². The Labute approximate surface area is 145 Å². The largest absolute Gasteiger partial charge is 0.318 e. The van der Waals surface area contributed by atoms with Crippen molar-refractivity contribution >= 4 is 29.0 Å². The molecule has 1 aromatic heterocycles. The molecule has 2 nitrogen and oxygen atoms in total. The second-order valence-corrected chi connectivity index (χ2v) is 6.27. The SMILES string of the molecule is Cc1ccc(C)n1-c1ccc(Cl)cc1C(=O)c1ccccc1Cl. The van der Waals surface area contributed by atoms with Crippen molar-refractivity contribution in [2.75, 3.05) is 0 Å². The molecule has 0 saturated heterocycles. The van der Waals surface area contributed by atoms with Crippen LogP contribution in [0.15, 0.2) is 54.6 Å². The van der Waals surface area contributed by atoms with E-state index in [0.717, 1.165) is 17.1 Å². The summed E-state index contributed by atoms with van der Waals surface area (Å²) in [7, 11) is 0. The minimum absolute atomic E-state index is 0.138. The predicted octanol–water partition coefficient (Wildman–Crippen LogP) is 5.63. The molecule has 0 unspecified atom stereocenters. The van der Waals surface area contributed by atoms with Crippen LogP contribution >= 0.6 is 23.2 Å². The Bertz CT molecular complexity index is 877. The summed E-state index contributed by atoms with van der Waals surface area (Å²) in [5.41, 5.74) is 3.92. The second-order valence-electron chi connectivity index (χ2n) is 5.42. The molecule has 4 heteroatoms. The van der Waals surface area contributed by atoms with Gasteiger partial charge in [0.2, 0.25) is 0 Å². The molecule has 0 aliphatic rings. The van der Waals surface area contributed by atoms with Gasteiger partial charge in [-0.2, -0.15) is 0 Å². The van der Waals surface area contributed by atoms with Gasteiger partial charge in [0.15, 0.2) is 5.78 Å². The van der Waals surface area contributed by atoms with E-state index in [-0.39, 0.29) is 5.78 Å². The number of aromatic nitrogens is 1. The van der Waals surface area contributed by atoms with Crippen molar-refractivity contribution in [1.29, 1.82) is 0 Å². The summed E-state index contributed by atoms with van der Waals surface area (Å²) in [6.07, 6.45) is 0. The summed E-state index contributed by atoms with van der Waals surface area (Å²) in [5.74, 6) is -0.138. The molecule has 0 bridgehead atoms. The zero-order chi connectivity index (χ0) is 16.6. The summed E-state index contributed by atoms with van der Waals surface area (Å²) in [6.45, 7) is 4.01. The average molecular weight is 344 g/mol. The molecular formula is C19H15Cl2NO. The summed E-state index contributed by atoms with van der Waals surface area (Å²) >= 11 is 12.3. The summed E-state index contributed by atoms with van der Waals surface area (Å²) < 4.78 is 2.04. The summed E-state index contributed by atoms with van der Waals surface area (Å²) in [5, 5.41) is 0.955. The zero-order valence-corrected chi connectivity index (χ0v) is 14.3. The molecule has 0 N–H and O–H groups in total. The van der Waals surface area contributed by atoms with Crippen LogP contribution in [0.2, 0.25) is 10.0 Å². The van der Waals surface area contributed by atoms with E-state index < -0.39 is 0 Å². The van der Waals surface area contributed by atoms with Gasteiger partial charge in [-0.1, -0.05) is 35.3 Å². The van der Waals surface area contributed by atoms with Crippen LogP contribution < -0.4 is 0 Å². The van der Waals surface area contributed by atoms with Crippen molar-refractivity contribution < 1.29 is 4.79 Å². The Hall–Kier alpha value is -2.03. The maximum atomic E-state index is 13.0. The molecule has 0 atom stereocenters. The van der Waals surface area contributed by atoms with Gasteiger partial charge in [-0.3, -0.25) is 4.79 Å². The highest BCUT2D eigenvalue weighted by atomic mass is 35.5. The zero-order valence-electron chi connectivity index (χ0n) is 12.8. The van der Waals surface area contributed by atoms with Crippen molar-refractivity contribution in [3.05, 3.63) is 87.2 Å². The van der Waals surface area contributed by atoms with Crippen molar-refractivity contribution in [2.24, 2.45) is 0 Å².